The van der Waals surface area contributed by atoms with E-state index in [0.717, 1.165) is 44.3 Å². The molecule has 0 bridgehead atoms. The monoisotopic (exact) mass is 573 g/mol. The molecule has 1 aliphatic heterocycles. The van der Waals surface area contributed by atoms with Crippen LogP contribution in [0.4, 0.5) is 0 Å². The van der Waals surface area contributed by atoms with E-state index in [0.29, 0.717) is 12.2 Å². The van der Waals surface area contributed by atoms with Crippen molar-refractivity contribution >= 4 is 24.1 Å². The second kappa shape index (κ2) is 15.3. The molecule has 0 spiro atoms. The maximum atomic E-state index is 4.49. The maximum absolute atomic E-state index is 4.49. The van der Waals surface area contributed by atoms with Crippen molar-refractivity contribution in [2.45, 2.75) is 85.4 Å². The molecule has 0 amide bonds. The van der Waals surface area contributed by atoms with Gasteiger partial charge >= 0.3 is 0 Å². The first-order valence-corrected chi connectivity index (χ1v) is 16.9. The number of fused-ring (bicyclic) bond motifs is 1. The Bertz CT molecular complexity index is 1180. The SMILES string of the molecule is C=Cc1cc(/C=C/CCN(SC)C2CC3C(C)C3N2C(=C)CNCCC)ccc1C(C)(C)c1ccccc1C.CC. The number of piperidine rings is 1. The van der Waals surface area contributed by atoms with Gasteiger partial charge in [-0.05, 0) is 84.7 Å². The van der Waals surface area contributed by atoms with Crippen LogP contribution >= 0.6 is 11.9 Å². The molecule has 4 atom stereocenters. The van der Waals surface area contributed by atoms with Crippen LogP contribution in [0.5, 0.6) is 0 Å². The molecule has 4 rings (SSSR count). The molecule has 3 nitrogen and oxygen atoms in total. The van der Waals surface area contributed by atoms with Crippen LogP contribution in [0.25, 0.3) is 12.2 Å². The summed E-state index contributed by atoms with van der Waals surface area (Å²) in [4.78, 5) is 2.64. The predicted octanol–water partition coefficient (Wildman–Crippen LogP) is 9.15. The van der Waals surface area contributed by atoms with Crippen LogP contribution in [0.2, 0.25) is 0 Å². The lowest BCUT2D eigenvalue weighted by Gasteiger charge is -2.38. The van der Waals surface area contributed by atoms with Gasteiger partial charge in [0.2, 0.25) is 0 Å². The zero-order valence-electron chi connectivity index (χ0n) is 27.0. The Labute approximate surface area is 256 Å². The van der Waals surface area contributed by atoms with Crippen molar-refractivity contribution in [1.82, 2.24) is 14.5 Å². The summed E-state index contributed by atoms with van der Waals surface area (Å²) in [5, 5.41) is 3.56. The lowest BCUT2D eigenvalue weighted by atomic mass is 9.74. The molecule has 2 fully saturated rings. The van der Waals surface area contributed by atoms with Gasteiger partial charge < -0.3 is 10.2 Å². The van der Waals surface area contributed by atoms with Gasteiger partial charge in [-0.15, -0.1) is 0 Å². The van der Waals surface area contributed by atoms with Crippen molar-refractivity contribution in [3.8, 4) is 0 Å². The van der Waals surface area contributed by atoms with Gasteiger partial charge in [-0.3, -0.25) is 0 Å². The fourth-order valence-corrected chi connectivity index (χ4v) is 7.41. The van der Waals surface area contributed by atoms with Crippen LogP contribution in [0.15, 0.2) is 67.4 Å². The summed E-state index contributed by atoms with van der Waals surface area (Å²) in [6, 6.07) is 16.2. The minimum atomic E-state index is -0.0859. The zero-order chi connectivity index (χ0) is 30.2. The Balaban J connectivity index is 0.00000226. The molecule has 4 unspecified atom stereocenters. The smallest absolute Gasteiger partial charge is 0.0918 e. The molecule has 0 radical (unpaired) electrons. The van der Waals surface area contributed by atoms with Crippen molar-refractivity contribution < 1.29 is 0 Å². The van der Waals surface area contributed by atoms with Gasteiger partial charge in [0.1, 0.15) is 0 Å². The Morgan fingerprint density at radius 2 is 1.90 bits per heavy atom. The summed E-state index contributed by atoms with van der Waals surface area (Å²) in [5.74, 6) is 1.62. The predicted molar refractivity (Wildman–Crippen MR) is 184 cm³/mol. The van der Waals surface area contributed by atoms with Gasteiger partial charge in [0.05, 0.1) is 6.17 Å². The van der Waals surface area contributed by atoms with Crippen LogP contribution in [-0.2, 0) is 5.41 Å². The zero-order valence-corrected chi connectivity index (χ0v) is 27.9. The Hall–Kier alpha value is -2.27. The first kappa shape index (κ1) is 33.2. The molecule has 2 aromatic rings. The first-order valence-electron chi connectivity index (χ1n) is 15.7. The largest absolute Gasteiger partial charge is 0.354 e. The first-order chi connectivity index (χ1) is 19.7. The minimum Gasteiger partial charge on any atom is -0.354 e. The van der Waals surface area contributed by atoms with Crippen molar-refractivity contribution in [2.24, 2.45) is 11.8 Å². The van der Waals surface area contributed by atoms with E-state index < -0.39 is 0 Å². The molecule has 4 heteroatoms. The van der Waals surface area contributed by atoms with Crippen molar-refractivity contribution in [3.05, 3.63) is 95.2 Å². The van der Waals surface area contributed by atoms with E-state index in [1.54, 1.807) is 0 Å². The van der Waals surface area contributed by atoms with E-state index in [4.69, 9.17) is 0 Å². The van der Waals surface area contributed by atoms with Crippen LogP contribution < -0.4 is 5.32 Å². The normalized spacial score (nSPS) is 21.5. The molecule has 1 saturated heterocycles. The topological polar surface area (TPSA) is 18.5 Å². The summed E-state index contributed by atoms with van der Waals surface area (Å²) < 4.78 is 2.58. The molecule has 2 aliphatic rings. The van der Waals surface area contributed by atoms with Crippen molar-refractivity contribution in [1.29, 1.82) is 0 Å². The third kappa shape index (κ3) is 7.58. The average Bonchev–Trinajstić information content (AvgIpc) is 3.41. The Morgan fingerprint density at radius 1 is 1.17 bits per heavy atom. The van der Waals surface area contributed by atoms with Gasteiger partial charge in [-0.25, -0.2) is 4.31 Å². The van der Waals surface area contributed by atoms with Crippen molar-refractivity contribution in [3.63, 3.8) is 0 Å². The molecule has 0 aromatic heterocycles. The third-order valence-electron chi connectivity index (χ3n) is 8.94. The van der Waals surface area contributed by atoms with E-state index in [9.17, 15) is 0 Å². The number of likely N-dealkylation sites (tertiary alicyclic amines) is 1. The number of hydrogen-bond acceptors (Lipinski definition) is 4. The van der Waals surface area contributed by atoms with Crippen LogP contribution in [0.3, 0.4) is 0 Å². The molecular formula is C37H55N3S. The summed E-state index contributed by atoms with van der Waals surface area (Å²) in [5.41, 5.74) is 7.63. The van der Waals surface area contributed by atoms with E-state index >= 15 is 0 Å². The summed E-state index contributed by atoms with van der Waals surface area (Å²) >= 11 is 1.88. The highest BCUT2D eigenvalue weighted by Crippen LogP contribution is 2.55. The van der Waals surface area contributed by atoms with Gasteiger partial charge in [-0.2, -0.15) is 0 Å². The van der Waals surface area contributed by atoms with Gasteiger partial charge in [0, 0.05) is 30.2 Å². The van der Waals surface area contributed by atoms with Gasteiger partial charge in [-0.1, -0.05) is 121 Å². The van der Waals surface area contributed by atoms with E-state index in [2.05, 4.69) is 123 Å². The maximum Gasteiger partial charge on any atom is 0.0918 e. The van der Waals surface area contributed by atoms with Crippen LogP contribution in [0, 0.1) is 18.8 Å². The summed E-state index contributed by atoms with van der Waals surface area (Å²) in [6.07, 6.45) is 12.7. The molecule has 1 saturated carbocycles. The van der Waals surface area contributed by atoms with Gasteiger partial charge in [0.25, 0.3) is 0 Å². The van der Waals surface area contributed by atoms with E-state index in [1.807, 2.05) is 31.9 Å². The lowest BCUT2D eigenvalue weighted by molar-refractivity contribution is 0.151. The second-order valence-corrected chi connectivity index (χ2v) is 12.7. The number of nitrogens with one attached hydrogen (secondary N) is 1. The van der Waals surface area contributed by atoms with Crippen LogP contribution in [0.1, 0.15) is 88.6 Å². The highest BCUT2D eigenvalue weighted by molar-refractivity contribution is 7.96. The Morgan fingerprint density at radius 3 is 2.56 bits per heavy atom. The third-order valence-corrected chi connectivity index (χ3v) is 9.83. The molecule has 224 valence electrons. The highest BCUT2D eigenvalue weighted by atomic mass is 32.2. The number of aryl methyl sites for hydroxylation is 1. The molecule has 2 aromatic carbocycles. The van der Waals surface area contributed by atoms with E-state index in [1.165, 1.54) is 39.9 Å². The summed E-state index contributed by atoms with van der Waals surface area (Å²) in [7, 11) is 0. The number of rotatable bonds is 14. The lowest BCUT2D eigenvalue weighted by Crippen LogP contribution is -2.45. The molecule has 1 N–H and O–H groups in total. The fraction of sp³-hybridized carbons (Fsp3) is 0.514. The summed E-state index contributed by atoms with van der Waals surface area (Å²) in [6.45, 7) is 27.1. The second-order valence-electron chi connectivity index (χ2n) is 11.9. The molecule has 41 heavy (non-hydrogen) atoms. The standard InChI is InChI=1S/C35H49N3S.C2H6/c1-9-20-36-24-26(4)38-33(23-30-27(5)34(30)38)37(39-8)21-14-13-16-28-18-19-32(29(10-2)22-28)35(6,7)31-17-12-11-15-25(31)3;1-2/h10-13,15-19,22,27,30,33-34,36H,2,4,9,14,20-21,23-24H2,1,3,5-8H3;1-2H3/b16-13+;. The van der Waals surface area contributed by atoms with Gasteiger partial charge in [0.15, 0.2) is 0 Å². The van der Waals surface area contributed by atoms with Crippen LogP contribution in [-0.4, -0.2) is 47.3 Å². The number of hydrogen-bond donors (Lipinski definition) is 1. The minimum absolute atomic E-state index is 0.0859. The Kier molecular flexibility index (Phi) is 12.4. The molecular weight excluding hydrogens is 518 g/mol. The molecule has 1 heterocycles. The molecule has 1 aliphatic carbocycles. The quantitative estimate of drug-likeness (QED) is 0.179. The number of benzene rings is 2. The van der Waals surface area contributed by atoms with E-state index in [-0.39, 0.29) is 5.41 Å². The number of nitrogens with zero attached hydrogens (tertiary/aromatic N) is 2. The van der Waals surface area contributed by atoms with Crippen molar-refractivity contribution in [2.75, 3.05) is 25.9 Å². The average molecular weight is 574 g/mol. The highest BCUT2D eigenvalue weighted by Gasteiger charge is 2.59. The fourth-order valence-electron chi connectivity index (χ4n) is 6.70.